The van der Waals surface area contributed by atoms with Crippen molar-refractivity contribution in [3.8, 4) is 0 Å². The van der Waals surface area contributed by atoms with Gasteiger partial charge in [-0.05, 0) is 54.5 Å². The van der Waals surface area contributed by atoms with Crippen molar-refractivity contribution >= 4 is 40.4 Å². The molecule has 2 aliphatic rings. The molecule has 0 saturated carbocycles. The van der Waals surface area contributed by atoms with Gasteiger partial charge >= 0.3 is 5.97 Å². The van der Waals surface area contributed by atoms with Crippen molar-refractivity contribution in [3.63, 3.8) is 0 Å². The second-order valence-corrected chi connectivity index (χ2v) is 9.98. The summed E-state index contributed by atoms with van der Waals surface area (Å²) in [6.07, 6.45) is 5.33. The second kappa shape index (κ2) is 9.92. The van der Waals surface area contributed by atoms with Crippen LogP contribution in [0.1, 0.15) is 18.4 Å². The van der Waals surface area contributed by atoms with E-state index in [1.807, 2.05) is 37.0 Å². The third kappa shape index (κ3) is 4.66. The summed E-state index contributed by atoms with van der Waals surface area (Å²) >= 11 is 1.86. The molecule has 5 rings (SSSR count). The molecule has 0 saturated heterocycles. The molecule has 6 heteroatoms. The maximum Gasteiger partial charge on any atom is 0.303 e. The van der Waals surface area contributed by atoms with Crippen LogP contribution in [0.3, 0.4) is 0 Å². The molecule has 0 aromatic heterocycles. The van der Waals surface area contributed by atoms with E-state index in [0.717, 1.165) is 17.2 Å². The quantitative estimate of drug-likeness (QED) is 0.418. The van der Waals surface area contributed by atoms with Gasteiger partial charge in [0, 0.05) is 43.2 Å². The highest BCUT2D eigenvalue weighted by Crippen LogP contribution is 2.46. The van der Waals surface area contributed by atoms with Crippen molar-refractivity contribution < 1.29 is 9.90 Å². The predicted octanol–water partition coefficient (Wildman–Crippen LogP) is 6.43. The largest absolute Gasteiger partial charge is 0.481 e. The molecule has 0 spiro atoms. The molecule has 3 aromatic rings. The average molecular weight is 484 g/mol. The van der Waals surface area contributed by atoms with Gasteiger partial charge in [-0.3, -0.25) is 9.69 Å². The van der Waals surface area contributed by atoms with Crippen molar-refractivity contribution in [2.45, 2.75) is 23.1 Å². The molecule has 5 nitrogen and oxygen atoms in total. The molecule has 0 fully saturated rings. The molecule has 178 valence electrons. The molecule has 0 bridgehead atoms. The van der Waals surface area contributed by atoms with Crippen LogP contribution in [0, 0.1) is 0 Å². The van der Waals surface area contributed by atoms with E-state index < -0.39 is 5.97 Å². The van der Waals surface area contributed by atoms with Gasteiger partial charge in [0.05, 0.1) is 16.7 Å². The smallest absolute Gasteiger partial charge is 0.303 e. The van der Waals surface area contributed by atoms with Crippen LogP contribution in [-0.4, -0.2) is 42.0 Å². The predicted molar refractivity (Wildman–Crippen MR) is 145 cm³/mol. The third-order valence-corrected chi connectivity index (χ3v) is 7.75. The zero-order chi connectivity index (χ0) is 24.4. The molecule has 0 radical (unpaired) electrons. The van der Waals surface area contributed by atoms with E-state index >= 15 is 0 Å². The number of carboxylic acid groups (broad SMARTS) is 1. The van der Waals surface area contributed by atoms with Gasteiger partial charge in [-0.15, -0.1) is 0 Å². The highest BCUT2D eigenvalue weighted by Gasteiger charge is 2.29. The molecule has 0 aliphatic carbocycles. The number of likely N-dealkylation sites (N-methyl/N-ethyl adjacent to an activating group) is 1. The van der Waals surface area contributed by atoms with Gasteiger partial charge in [-0.2, -0.15) is 0 Å². The Hall–Kier alpha value is -3.64. The molecular formula is C29H29N3O2S. The van der Waals surface area contributed by atoms with E-state index in [9.17, 15) is 4.79 Å². The number of rotatable bonds is 7. The number of carboxylic acids is 1. The van der Waals surface area contributed by atoms with E-state index in [1.54, 1.807) is 0 Å². The Kier molecular flexibility index (Phi) is 6.55. The fourth-order valence-electron chi connectivity index (χ4n) is 4.66. The standard InChI is InChI=1S/C29H29N3O2S/c1-30(18-10-17-29(33)34)27-19-21(20-28-31(2)25-15-8-9-16-26(25)35-28)23-13-6-7-14-24(23)32(27)22-11-4-3-5-12-22/h3-9,11-16,19-20,28H,10,17-18H2,1-2H3,(H,33,34). The first-order valence-electron chi connectivity index (χ1n) is 11.8. The lowest BCUT2D eigenvalue weighted by molar-refractivity contribution is -0.137. The number of hydrogen-bond donors (Lipinski definition) is 1. The minimum Gasteiger partial charge on any atom is -0.481 e. The number of para-hydroxylation sites is 3. The number of anilines is 3. The Labute approximate surface area is 211 Å². The molecule has 3 aromatic carbocycles. The van der Waals surface area contributed by atoms with Crippen molar-refractivity contribution in [3.05, 3.63) is 102 Å². The van der Waals surface area contributed by atoms with Gasteiger partial charge in [0.2, 0.25) is 0 Å². The van der Waals surface area contributed by atoms with E-state index in [0.29, 0.717) is 13.0 Å². The summed E-state index contributed by atoms with van der Waals surface area (Å²) in [5.74, 6) is 0.275. The average Bonchev–Trinajstić information content (AvgIpc) is 3.19. The van der Waals surface area contributed by atoms with Gasteiger partial charge in [-0.1, -0.05) is 60.3 Å². The second-order valence-electron chi connectivity index (χ2n) is 8.82. The lowest BCUT2D eigenvalue weighted by Crippen LogP contribution is -2.33. The number of carbonyl (C=O) groups is 1. The SMILES string of the molecule is CN(CCCC(=O)O)C1=CC(=CC2Sc3ccccc3N2C)c2ccccc2N1c1ccccc1. The van der Waals surface area contributed by atoms with Gasteiger partial charge in [0.1, 0.15) is 5.82 Å². The minimum atomic E-state index is -0.761. The number of benzene rings is 3. The van der Waals surface area contributed by atoms with Crippen LogP contribution < -0.4 is 9.80 Å². The Bertz CT molecular complexity index is 1290. The summed E-state index contributed by atoms with van der Waals surface area (Å²) in [5, 5.41) is 9.33. The Morgan fingerprint density at radius 1 is 1.00 bits per heavy atom. The number of aliphatic carboxylic acids is 1. The molecular weight excluding hydrogens is 454 g/mol. The normalized spacial score (nSPS) is 17.7. The number of hydrogen-bond acceptors (Lipinski definition) is 5. The fraction of sp³-hybridized carbons (Fsp3) is 0.207. The van der Waals surface area contributed by atoms with Crippen LogP contribution in [-0.2, 0) is 4.79 Å². The third-order valence-electron chi connectivity index (χ3n) is 6.46. The Morgan fingerprint density at radius 3 is 2.43 bits per heavy atom. The molecule has 1 atom stereocenters. The van der Waals surface area contributed by atoms with Crippen LogP contribution in [0.5, 0.6) is 0 Å². The van der Waals surface area contributed by atoms with Crippen LogP contribution in [0.15, 0.2) is 102 Å². The van der Waals surface area contributed by atoms with Crippen LogP contribution in [0.2, 0.25) is 0 Å². The summed E-state index contributed by atoms with van der Waals surface area (Å²) < 4.78 is 0. The van der Waals surface area contributed by atoms with Gasteiger partial charge < -0.3 is 14.9 Å². The van der Waals surface area contributed by atoms with Crippen molar-refractivity contribution in [1.29, 1.82) is 0 Å². The number of nitrogens with zero attached hydrogens (tertiary/aromatic N) is 3. The van der Waals surface area contributed by atoms with E-state index in [2.05, 4.69) is 94.6 Å². The van der Waals surface area contributed by atoms with Gasteiger partial charge in [-0.25, -0.2) is 0 Å². The first kappa shape index (κ1) is 23.1. The first-order valence-corrected chi connectivity index (χ1v) is 12.7. The topological polar surface area (TPSA) is 47.0 Å². The maximum atomic E-state index is 11.1. The lowest BCUT2D eigenvalue weighted by atomic mass is 9.97. The van der Waals surface area contributed by atoms with Gasteiger partial charge in [0.25, 0.3) is 0 Å². The Morgan fingerprint density at radius 2 is 1.69 bits per heavy atom. The lowest BCUT2D eigenvalue weighted by Gasteiger charge is -2.38. The minimum absolute atomic E-state index is 0.157. The number of thioether (sulfide) groups is 1. The van der Waals surface area contributed by atoms with Crippen LogP contribution in [0.25, 0.3) is 5.57 Å². The summed E-state index contributed by atoms with van der Waals surface area (Å²) in [6, 6.07) is 27.4. The molecule has 1 unspecified atom stereocenters. The summed E-state index contributed by atoms with van der Waals surface area (Å²) in [4.78, 5) is 19.2. The zero-order valence-corrected chi connectivity index (χ0v) is 20.8. The zero-order valence-electron chi connectivity index (χ0n) is 20.0. The molecule has 1 N–H and O–H groups in total. The fourth-order valence-corrected chi connectivity index (χ4v) is 5.90. The molecule has 2 aliphatic heterocycles. The molecule has 0 amide bonds. The first-order chi connectivity index (χ1) is 17.0. The van der Waals surface area contributed by atoms with Crippen LogP contribution in [0.4, 0.5) is 17.1 Å². The highest BCUT2D eigenvalue weighted by atomic mass is 32.2. The summed E-state index contributed by atoms with van der Waals surface area (Å²) in [6.45, 7) is 0.653. The van der Waals surface area contributed by atoms with Gasteiger partial charge in [0.15, 0.2) is 0 Å². The van der Waals surface area contributed by atoms with Crippen LogP contribution >= 0.6 is 11.8 Å². The monoisotopic (exact) mass is 483 g/mol. The molecule has 35 heavy (non-hydrogen) atoms. The summed E-state index contributed by atoms with van der Waals surface area (Å²) in [7, 11) is 4.19. The maximum absolute atomic E-state index is 11.1. The van der Waals surface area contributed by atoms with Crippen molar-refractivity contribution in [2.24, 2.45) is 0 Å². The number of fused-ring (bicyclic) bond motifs is 2. The van der Waals surface area contributed by atoms with E-state index in [4.69, 9.17) is 5.11 Å². The van der Waals surface area contributed by atoms with Crippen molar-refractivity contribution in [1.82, 2.24) is 4.90 Å². The highest BCUT2D eigenvalue weighted by molar-refractivity contribution is 8.00. The molecule has 2 heterocycles. The van der Waals surface area contributed by atoms with Crippen molar-refractivity contribution in [2.75, 3.05) is 30.4 Å². The van der Waals surface area contributed by atoms with E-state index in [1.165, 1.54) is 21.7 Å². The number of allylic oxidation sites excluding steroid dienone is 2. The summed E-state index contributed by atoms with van der Waals surface area (Å²) in [5.41, 5.74) is 5.81. The Balaban J connectivity index is 1.57. The van der Waals surface area contributed by atoms with E-state index in [-0.39, 0.29) is 11.8 Å².